The van der Waals surface area contributed by atoms with Crippen molar-refractivity contribution < 1.29 is 13.9 Å². The first-order valence-corrected chi connectivity index (χ1v) is 12.3. The number of carbonyl (C=O) groups excluding carboxylic acids is 1. The van der Waals surface area contributed by atoms with Gasteiger partial charge in [-0.3, -0.25) is 14.5 Å². The summed E-state index contributed by atoms with van der Waals surface area (Å²) in [7, 11) is 0. The lowest BCUT2D eigenvalue weighted by molar-refractivity contribution is 0.0971. The number of amides is 1. The molecule has 3 aromatic carbocycles. The fourth-order valence-electron chi connectivity index (χ4n) is 4.43. The molecule has 5 nitrogen and oxygen atoms in total. The Morgan fingerprint density at radius 3 is 2.59 bits per heavy atom. The normalized spacial score (nSPS) is 15.1. The highest BCUT2D eigenvalue weighted by molar-refractivity contribution is 9.10. The zero-order chi connectivity index (χ0) is 23.7. The van der Waals surface area contributed by atoms with Crippen molar-refractivity contribution in [1.82, 2.24) is 0 Å². The Kier molecular flexibility index (Phi) is 6.24. The Hall–Kier alpha value is -3.38. The second-order valence-electron chi connectivity index (χ2n) is 8.36. The molecule has 1 aromatic heterocycles. The van der Waals surface area contributed by atoms with Gasteiger partial charge in [0.1, 0.15) is 11.3 Å². The topological polar surface area (TPSA) is 59.8 Å². The van der Waals surface area contributed by atoms with Gasteiger partial charge in [0, 0.05) is 10.2 Å². The number of benzene rings is 3. The van der Waals surface area contributed by atoms with Gasteiger partial charge in [0.2, 0.25) is 5.76 Å². The van der Waals surface area contributed by atoms with Crippen molar-refractivity contribution in [2.75, 3.05) is 11.5 Å². The summed E-state index contributed by atoms with van der Waals surface area (Å²) < 4.78 is 12.8. The van der Waals surface area contributed by atoms with Gasteiger partial charge in [-0.05, 0) is 54.4 Å². The van der Waals surface area contributed by atoms with E-state index in [4.69, 9.17) is 9.15 Å². The van der Waals surface area contributed by atoms with Gasteiger partial charge >= 0.3 is 0 Å². The average molecular weight is 518 g/mol. The molecule has 6 heteroatoms. The molecule has 0 aliphatic carbocycles. The molecule has 0 bridgehead atoms. The van der Waals surface area contributed by atoms with E-state index in [2.05, 4.69) is 22.9 Å². The van der Waals surface area contributed by atoms with E-state index in [0.717, 1.165) is 35.0 Å². The smallest absolute Gasteiger partial charge is 0.295 e. The van der Waals surface area contributed by atoms with Crippen molar-refractivity contribution in [3.63, 3.8) is 0 Å². The minimum atomic E-state index is -0.622. The Morgan fingerprint density at radius 2 is 1.79 bits per heavy atom. The van der Waals surface area contributed by atoms with Crippen LogP contribution in [0.2, 0.25) is 0 Å². The predicted octanol–water partition coefficient (Wildman–Crippen LogP) is 6.87. The molecule has 1 aliphatic heterocycles. The van der Waals surface area contributed by atoms with E-state index in [-0.39, 0.29) is 17.1 Å². The summed E-state index contributed by atoms with van der Waals surface area (Å²) in [5.74, 6) is 0.473. The monoisotopic (exact) mass is 517 g/mol. The molecule has 0 saturated heterocycles. The Balaban J connectivity index is 1.67. The summed E-state index contributed by atoms with van der Waals surface area (Å²) in [6.07, 6.45) is 3.21. The van der Waals surface area contributed by atoms with Crippen LogP contribution in [-0.4, -0.2) is 12.5 Å². The lowest BCUT2D eigenvalue weighted by Crippen LogP contribution is -2.29. The van der Waals surface area contributed by atoms with Crippen LogP contribution < -0.4 is 15.1 Å². The van der Waals surface area contributed by atoms with E-state index < -0.39 is 6.04 Å². The summed E-state index contributed by atoms with van der Waals surface area (Å²) in [4.78, 5) is 29.0. The molecule has 2 heterocycles. The van der Waals surface area contributed by atoms with Gasteiger partial charge in [0.25, 0.3) is 5.91 Å². The molecule has 34 heavy (non-hydrogen) atoms. The molecule has 0 N–H and O–H groups in total. The number of halogens is 1. The summed E-state index contributed by atoms with van der Waals surface area (Å²) in [6, 6.07) is 21.6. The number of para-hydroxylation sites is 1. The number of anilines is 1. The minimum Gasteiger partial charge on any atom is -0.494 e. The SMILES string of the molecule is CCCCCOc1cccc(C2c3c(oc4ccc(Br)cc4c3=O)C(=O)N2c2ccccc2)c1. The van der Waals surface area contributed by atoms with Crippen LogP contribution in [-0.2, 0) is 0 Å². The number of carbonyl (C=O) groups is 1. The van der Waals surface area contributed by atoms with Gasteiger partial charge < -0.3 is 9.15 Å². The number of rotatable bonds is 7. The quantitative estimate of drug-likeness (QED) is 0.251. The van der Waals surface area contributed by atoms with Gasteiger partial charge in [0.15, 0.2) is 5.43 Å². The summed E-state index contributed by atoms with van der Waals surface area (Å²) in [5, 5.41) is 0.438. The second-order valence-corrected chi connectivity index (χ2v) is 9.27. The third kappa shape index (κ3) is 4.03. The highest BCUT2D eigenvalue weighted by atomic mass is 79.9. The Morgan fingerprint density at radius 1 is 0.971 bits per heavy atom. The van der Waals surface area contributed by atoms with Crippen LogP contribution in [0.25, 0.3) is 11.0 Å². The number of ether oxygens (including phenoxy) is 1. The Labute approximate surface area is 206 Å². The van der Waals surface area contributed by atoms with E-state index in [9.17, 15) is 9.59 Å². The first-order valence-electron chi connectivity index (χ1n) is 11.5. The van der Waals surface area contributed by atoms with Crippen LogP contribution in [0.3, 0.4) is 0 Å². The largest absolute Gasteiger partial charge is 0.494 e. The van der Waals surface area contributed by atoms with E-state index >= 15 is 0 Å². The fraction of sp³-hybridized carbons (Fsp3) is 0.214. The average Bonchev–Trinajstić information content (AvgIpc) is 3.15. The molecular formula is C28H24BrNO4. The maximum absolute atomic E-state index is 13.7. The van der Waals surface area contributed by atoms with Crippen molar-refractivity contribution in [3.05, 3.63) is 104 Å². The fourth-order valence-corrected chi connectivity index (χ4v) is 4.79. The predicted molar refractivity (Wildman–Crippen MR) is 137 cm³/mol. The van der Waals surface area contributed by atoms with Crippen LogP contribution in [0.1, 0.15) is 53.9 Å². The first kappa shape index (κ1) is 22.4. The molecule has 0 fully saturated rings. The third-order valence-electron chi connectivity index (χ3n) is 6.06. The van der Waals surface area contributed by atoms with E-state index in [0.29, 0.717) is 28.8 Å². The molecule has 1 unspecified atom stereocenters. The van der Waals surface area contributed by atoms with Crippen molar-refractivity contribution in [3.8, 4) is 5.75 Å². The first-order chi connectivity index (χ1) is 16.6. The zero-order valence-corrected chi connectivity index (χ0v) is 20.4. The van der Waals surface area contributed by atoms with Gasteiger partial charge in [0.05, 0.1) is 23.6 Å². The molecule has 0 spiro atoms. The standard InChI is InChI=1S/C28H24BrNO4/c1-2-3-7-15-33-21-12-8-9-18(16-21)25-24-26(31)22-17-19(29)13-14-23(22)34-27(24)28(32)30(25)20-10-5-4-6-11-20/h4-6,8-14,16-17,25H,2-3,7,15H2,1H3. The lowest BCUT2D eigenvalue weighted by atomic mass is 9.98. The second kappa shape index (κ2) is 9.47. The van der Waals surface area contributed by atoms with Crippen molar-refractivity contribution >= 4 is 38.5 Å². The van der Waals surface area contributed by atoms with Crippen LogP contribution in [0.15, 0.2) is 86.5 Å². The van der Waals surface area contributed by atoms with Gasteiger partial charge in [-0.25, -0.2) is 0 Å². The molecule has 1 amide bonds. The highest BCUT2D eigenvalue weighted by Gasteiger charge is 2.43. The lowest BCUT2D eigenvalue weighted by Gasteiger charge is -2.25. The van der Waals surface area contributed by atoms with E-state index in [1.165, 1.54) is 0 Å². The van der Waals surface area contributed by atoms with Crippen molar-refractivity contribution in [2.24, 2.45) is 0 Å². The molecule has 0 radical (unpaired) electrons. The maximum Gasteiger partial charge on any atom is 0.295 e. The number of hydrogen-bond donors (Lipinski definition) is 0. The van der Waals surface area contributed by atoms with Crippen LogP contribution in [0.5, 0.6) is 5.75 Å². The summed E-state index contributed by atoms with van der Waals surface area (Å²) in [6.45, 7) is 2.78. The number of hydrogen-bond acceptors (Lipinski definition) is 4. The summed E-state index contributed by atoms with van der Waals surface area (Å²) >= 11 is 3.44. The molecular weight excluding hydrogens is 494 g/mol. The minimum absolute atomic E-state index is 0.0861. The third-order valence-corrected chi connectivity index (χ3v) is 6.55. The molecule has 5 rings (SSSR count). The van der Waals surface area contributed by atoms with Crippen LogP contribution >= 0.6 is 15.9 Å². The van der Waals surface area contributed by atoms with Gasteiger partial charge in [-0.2, -0.15) is 0 Å². The number of unbranched alkanes of at least 4 members (excludes halogenated alkanes) is 2. The number of nitrogens with zero attached hydrogens (tertiary/aromatic N) is 1. The van der Waals surface area contributed by atoms with Crippen LogP contribution in [0.4, 0.5) is 5.69 Å². The Bertz CT molecular complexity index is 1410. The molecule has 1 atom stereocenters. The maximum atomic E-state index is 13.7. The van der Waals surface area contributed by atoms with E-state index in [1.54, 1.807) is 23.1 Å². The van der Waals surface area contributed by atoms with Gasteiger partial charge in [-0.1, -0.05) is 66.0 Å². The number of fused-ring (bicyclic) bond motifs is 2. The van der Waals surface area contributed by atoms with Crippen molar-refractivity contribution in [2.45, 2.75) is 32.2 Å². The molecule has 172 valence electrons. The highest BCUT2D eigenvalue weighted by Crippen LogP contribution is 2.42. The zero-order valence-electron chi connectivity index (χ0n) is 18.8. The molecule has 1 aliphatic rings. The van der Waals surface area contributed by atoms with Gasteiger partial charge in [-0.15, -0.1) is 0 Å². The van der Waals surface area contributed by atoms with Crippen LogP contribution in [0, 0.1) is 0 Å². The summed E-state index contributed by atoms with van der Waals surface area (Å²) in [5.41, 5.74) is 2.03. The van der Waals surface area contributed by atoms with E-state index in [1.807, 2.05) is 54.6 Å². The molecule has 4 aromatic rings. The van der Waals surface area contributed by atoms with Crippen molar-refractivity contribution in [1.29, 1.82) is 0 Å². The molecule has 0 saturated carbocycles.